The van der Waals surface area contributed by atoms with Gasteiger partial charge in [0.05, 0.1) is 11.4 Å². The molecule has 0 spiro atoms. The number of nitrogens with one attached hydrogen (secondary N) is 1. The lowest BCUT2D eigenvalue weighted by molar-refractivity contribution is 0.678. The van der Waals surface area contributed by atoms with Crippen LogP contribution in [0.2, 0.25) is 0 Å². The van der Waals surface area contributed by atoms with Crippen LogP contribution in [0.1, 0.15) is 42.9 Å². The second-order valence-corrected chi connectivity index (χ2v) is 5.40. The second-order valence-electron chi connectivity index (χ2n) is 5.40. The lowest BCUT2D eigenvalue weighted by Gasteiger charge is -2.07. The van der Waals surface area contributed by atoms with Gasteiger partial charge in [0.15, 0.2) is 0 Å². The van der Waals surface area contributed by atoms with E-state index in [1.165, 1.54) is 18.4 Å². The number of rotatable bonds is 2. The van der Waals surface area contributed by atoms with Crippen LogP contribution >= 0.6 is 0 Å². The summed E-state index contributed by atoms with van der Waals surface area (Å²) in [5.74, 6) is 0.416. The highest BCUT2D eigenvalue weighted by Crippen LogP contribution is 2.34. The van der Waals surface area contributed by atoms with Crippen molar-refractivity contribution in [3.63, 3.8) is 0 Å². The van der Waals surface area contributed by atoms with E-state index in [9.17, 15) is 4.79 Å². The Balaban J connectivity index is 2.05. The van der Waals surface area contributed by atoms with Gasteiger partial charge in [-0.1, -0.05) is 30.5 Å². The van der Waals surface area contributed by atoms with Crippen LogP contribution in [0.15, 0.2) is 29.1 Å². The third-order valence-electron chi connectivity index (χ3n) is 4.01. The Kier molecular flexibility index (Phi) is 2.93. The largest absolute Gasteiger partial charge is 0.393 e. The molecular weight excluding hydrogens is 238 g/mol. The van der Waals surface area contributed by atoms with Gasteiger partial charge in [0, 0.05) is 5.92 Å². The van der Waals surface area contributed by atoms with Crippen molar-refractivity contribution >= 4 is 5.69 Å². The molecule has 4 heteroatoms. The van der Waals surface area contributed by atoms with E-state index in [1.807, 2.05) is 31.2 Å². The van der Waals surface area contributed by atoms with E-state index in [0.29, 0.717) is 11.6 Å². The first kappa shape index (κ1) is 12.1. The fraction of sp³-hybridized carbons (Fsp3) is 0.400. The Hall–Kier alpha value is -1.97. The maximum atomic E-state index is 12.2. The quantitative estimate of drug-likeness (QED) is 0.868. The monoisotopic (exact) mass is 257 g/mol. The fourth-order valence-corrected chi connectivity index (χ4v) is 2.87. The standard InChI is InChI=1S/C15H19N3O/c1-10-6-8-12(9-7-10)18-15(19)13(16)14(17-18)11-4-2-3-5-11/h6-9,11,17H,2-5,16H2,1H3. The molecule has 0 radical (unpaired) electrons. The van der Waals surface area contributed by atoms with Crippen molar-refractivity contribution in [3.8, 4) is 5.69 Å². The zero-order chi connectivity index (χ0) is 13.4. The van der Waals surface area contributed by atoms with Crippen molar-refractivity contribution < 1.29 is 0 Å². The molecule has 19 heavy (non-hydrogen) atoms. The molecule has 1 aromatic carbocycles. The van der Waals surface area contributed by atoms with E-state index in [4.69, 9.17) is 5.73 Å². The average Bonchev–Trinajstić information content (AvgIpc) is 3.02. The van der Waals surface area contributed by atoms with E-state index >= 15 is 0 Å². The lowest BCUT2D eigenvalue weighted by atomic mass is 10.0. The van der Waals surface area contributed by atoms with Crippen LogP contribution in [-0.4, -0.2) is 9.78 Å². The van der Waals surface area contributed by atoms with Gasteiger partial charge in [-0.2, -0.15) is 0 Å². The maximum Gasteiger partial charge on any atom is 0.294 e. The molecule has 3 N–H and O–H groups in total. The first-order valence-electron chi connectivity index (χ1n) is 6.84. The Labute approximate surface area is 112 Å². The van der Waals surface area contributed by atoms with Crippen LogP contribution in [0.5, 0.6) is 0 Å². The van der Waals surface area contributed by atoms with Crippen LogP contribution in [-0.2, 0) is 0 Å². The van der Waals surface area contributed by atoms with Crippen LogP contribution in [0.3, 0.4) is 0 Å². The molecule has 0 atom stereocenters. The number of anilines is 1. The van der Waals surface area contributed by atoms with E-state index < -0.39 is 0 Å². The Morgan fingerprint density at radius 1 is 1.21 bits per heavy atom. The van der Waals surface area contributed by atoms with E-state index in [-0.39, 0.29) is 5.56 Å². The summed E-state index contributed by atoms with van der Waals surface area (Å²) in [6, 6.07) is 7.86. The average molecular weight is 257 g/mol. The van der Waals surface area contributed by atoms with Gasteiger partial charge in [-0.3, -0.25) is 9.89 Å². The molecule has 1 saturated carbocycles. The Morgan fingerprint density at radius 2 is 1.84 bits per heavy atom. The van der Waals surface area contributed by atoms with Crippen LogP contribution in [0, 0.1) is 6.92 Å². The minimum Gasteiger partial charge on any atom is -0.393 e. The predicted octanol–water partition coefficient (Wildman–Crippen LogP) is 2.71. The van der Waals surface area contributed by atoms with Gasteiger partial charge in [-0.05, 0) is 31.9 Å². The summed E-state index contributed by atoms with van der Waals surface area (Å²) in [4.78, 5) is 12.2. The van der Waals surface area contributed by atoms with Gasteiger partial charge in [0.2, 0.25) is 0 Å². The number of H-pyrrole nitrogens is 1. The van der Waals surface area contributed by atoms with Crippen LogP contribution < -0.4 is 11.3 Å². The van der Waals surface area contributed by atoms with Crippen LogP contribution in [0.4, 0.5) is 5.69 Å². The van der Waals surface area contributed by atoms with Crippen molar-refractivity contribution in [1.29, 1.82) is 0 Å². The first-order valence-corrected chi connectivity index (χ1v) is 6.84. The number of benzene rings is 1. The highest BCUT2D eigenvalue weighted by molar-refractivity contribution is 5.46. The smallest absolute Gasteiger partial charge is 0.294 e. The third kappa shape index (κ3) is 2.07. The van der Waals surface area contributed by atoms with E-state index in [0.717, 1.165) is 24.2 Å². The van der Waals surface area contributed by atoms with Gasteiger partial charge >= 0.3 is 0 Å². The number of nitrogens with two attached hydrogens (primary N) is 1. The fourth-order valence-electron chi connectivity index (χ4n) is 2.87. The van der Waals surface area contributed by atoms with E-state index in [1.54, 1.807) is 4.68 Å². The molecule has 1 heterocycles. The zero-order valence-electron chi connectivity index (χ0n) is 11.1. The molecule has 0 bridgehead atoms. The minimum atomic E-state index is -0.134. The summed E-state index contributed by atoms with van der Waals surface area (Å²) in [7, 11) is 0. The third-order valence-corrected chi connectivity index (χ3v) is 4.01. The molecule has 1 aliphatic rings. The molecule has 0 aliphatic heterocycles. The SMILES string of the molecule is Cc1ccc(-n2[nH]c(C3CCCC3)c(N)c2=O)cc1. The summed E-state index contributed by atoms with van der Waals surface area (Å²) < 4.78 is 1.56. The van der Waals surface area contributed by atoms with Gasteiger partial charge < -0.3 is 5.73 Å². The van der Waals surface area contributed by atoms with E-state index in [2.05, 4.69) is 5.10 Å². The molecule has 0 saturated heterocycles. The van der Waals surface area contributed by atoms with Crippen molar-refractivity contribution in [3.05, 3.63) is 45.9 Å². The van der Waals surface area contributed by atoms with Gasteiger partial charge in [-0.15, -0.1) is 0 Å². The number of nitrogen functional groups attached to an aromatic ring is 1. The lowest BCUT2D eigenvalue weighted by Crippen LogP contribution is -2.16. The van der Waals surface area contributed by atoms with Crippen molar-refractivity contribution in [2.45, 2.75) is 38.5 Å². The van der Waals surface area contributed by atoms with Crippen molar-refractivity contribution in [2.75, 3.05) is 5.73 Å². The summed E-state index contributed by atoms with van der Waals surface area (Å²) in [5.41, 5.74) is 9.17. The predicted molar refractivity (Wildman–Crippen MR) is 76.7 cm³/mol. The molecule has 0 unspecified atom stereocenters. The van der Waals surface area contributed by atoms with Crippen LogP contribution in [0.25, 0.3) is 5.69 Å². The number of hydrogen-bond acceptors (Lipinski definition) is 2. The van der Waals surface area contributed by atoms with Gasteiger partial charge in [-0.25, -0.2) is 4.68 Å². The summed E-state index contributed by atoms with van der Waals surface area (Å²) >= 11 is 0. The highest BCUT2D eigenvalue weighted by atomic mass is 16.1. The zero-order valence-corrected chi connectivity index (χ0v) is 11.1. The van der Waals surface area contributed by atoms with Crippen molar-refractivity contribution in [2.24, 2.45) is 0 Å². The second kappa shape index (κ2) is 4.61. The molecule has 1 fully saturated rings. The number of aromatic nitrogens is 2. The molecule has 2 aromatic rings. The number of aromatic amines is 1. The Bertz CT molecular complexity index is 630. The normalized spacial score (nSPS) is 16.1. The molecular formula is C15H19N3O. The number of hydrogen-bond donors (Lipinski definition) is 2. The summed E-state index contributed by atoms with van der Waals surface area (Å²) in [6.07, 6.45) is 4.69. The molecule has 4 nitrogen and oxygen atoms in total. The summed E-state index contributed by atoms with van der Waals surface area (Å²) in [6.45, 7) is 2.03. The number of aryl methyl sites for hydroxylation is 1. The maximum absolute atomic E-state index is 12.2. The minimum absolute atomic E-state index is 0.134. The molecule has 1 aromatic heterocycles. The van der Waals surface area contributed by atoms with Crippen molar-refractivity contribution in [1.82, 2.24) is 9.78 Å². The Morgan fingerprint density at radius 3 is 2.47 bits per heavy atom. The molecule has 3 rings (SSSR count). The molecule has 1 aliphatic carbocycles. The van der Waals surface area contributed by atoms with Gasteiger partial charge in [0.25, 0.3) is 5.56 Å². The molecule has 100 valence electrons. The first-order chi connectivity index (χ1) is 9.16. The highest BCUT2D eigenvalue weighted by Gasteiger charge is 2.23. The van der Waals surface area contributed by atoms with Gasteiger partial charge in [0.1, 0.15) is 5.69 Å². The molecule has 0 amide bonds. The number of nitrogens with zero attached hydrogens (tertiary/aromatic N) is 1. The topological polar surface area (TPSA) is 63.8 Å². The summed E-state index contributed by atoms with van der Waals surface area (Å²) in [5, 5.41) is 3.21.